The number of nitrogens with one attached hydrogen (secondary N) is 1. The second kappa shape index (κ2) is 5.27. The smallest absolute Gasteiger partial charge is 0.366 e. The van der Waals surface area contributed by atoms with E-state index in [9.17, 15) is 22.8 Å². The molecule has 1 aromatic carbocycles. The first kappa shape index (κ1) is 14.3. The van der Waals surface area contributed by atoms with Crippen molar-refractivity contribution in [3.8, 4) is 0 Å². The van der Waals surface area contributed by atoms with Crippen molar-refractivity contribution in [1.82, 2.24) is 5.48 Å². The van der Waals surface area contributed by atoms with Crippen molar-refractivity contribution >= 4 is 23.6 Å². The van der Waals surface area contributed by atoms with Crippen LogP contribution < -0.4 is 11.2 Å². The highest BCUT2D eigenvalue weighted by Crippen LogP contribution is 2.37. The summed E-state index contributed by atoms with van der Waals surface area (Å²) in [6.45, 7) is 0. The third-order valence-corrected chi connectivity index (χ3v) is 2.56. The normalized spacial score (nSPS) is 11.1. The molecule has 4 N–H and O–H groups in total. The Hall–Kier alpha value is -1.74. The van der Waals surface area contributed by atoms with Crippen LogP contribution in [0.4, 0.5) is 13.2 Å². The first-order valence-corrected chi connectivity index (χ1v) is 5.20. The molecule has 0 saturated heterocycles. The lowest BCUT2D eigenvalue weighted by molar-refractivity contribution is -0.0328. The third-order valence-electron chi connectivity index (χ3n) is 1.84. The van der Waals surface area contributed by atoms with Gasteiger partial charge in [0.25, 0.3) is 5.91 Å². The molecule has 0 bridgehead atoms. The molecular weight excluding hydrogens is 273 g/mol. The number of carbonyl (C=O) groups excluding carboxylic acids is 2. The maximum absolute atomic E-state index is 12.1. The summed E-state index contributed by atoms with van der Waals surface area (Å²) in [5.41, 5.74) is 0.942. The molecule has 1 aromatic rings. The molecule has 0 aromatic heterocycles. The van der Waals surface area contributed by atoms with Gasteiger partial charge >= 0.3 is 5.51 Å². The fourth-order valence-electron chi connectivity index (χ4n) is 1.18. The Kier molecular flexibility index (Phi) is 4.19. The van der Waals surface area contributed by atoms with Crippen molar-refractivity contribution in [2.24, 2.45) is 5.73 Å². The van der Waals surface area contributed by atoms with Crippen LogP contribution in [0.2, 0.25) is 0 Å². The highest BCUT2D eigenvalue weighted by molar-refractivity contribution is 8.00. The van der Waals surface area contributed by atoms with E-state index in [2.05, 4.69) is 0 Å². The van der Waals surface area contributed by atoms with Gasteiger partial charge in [-0.3, -0.25) is 14.8 Å². The number of carbonyl (C=O) groups is 2. The lowest BCUT2D eigenvalue weighted by Gasteiger charge is -2.09. The summed E-state index contributed by atoms with van der Waals surface area (Å²) < 4.78 is 36.4. The average Bonchev–Trinajstić information content (AvgIpc) is 2.25. The Morgan fingerprint density at radius 1 is 1.28 bits per heavy atom. The SMILES string of the molecule is NC(=O)c1ccc(SC(F)(F)F)cc1C(=O)NO. The molecule has 0 fully saturated rings. The maximum Gasteiger partial charge on any atom is 0.446 e. The van der Waals surface area contributed by atoms with Gasteiger partial charge in [0.05, 0.1) is 11.1 Å². The van der Waals surface area contributed by atoms with Crippen LogP contribution in [-0.4, -0.2) is 22.5 Å². The molecule has 2 amide bonds. The predicted octanol–water partition coefficient (Wildman–Crippen LogP) is 1.52. The number of hydrogen-bond donors (Lipinski definition) is 3. The molecule has 0 atom stereocenters. The molecule has 0 saturated carbocycles. The summed E-state index contributed by atoms with van der Waals surface area (Å²) in [6, 6.07) is 2.82. The monoisotopic (exact) mass is 280 g/mol. The Bertz CT molecular complexity index is 490. The highest BCUT2D eigenvalue weighted by Gasteiger charge is 2.30. The van der Waals surface area contributed by atoms with Gasteiger partial charge in [0, 0.05) is 4.90 Å². The Labute approximate surface area is 103 Å². The molecule has 0 heterocycles. The second-order valence-electron chi connectivity index (χ2n) is 3.06. The minimum absolute atomic E-state index is 0.284. The summed E-state index contributed by atoms with van der Waals surface area (Å²) in [4.78, 5) is 21.9. The third kappa shape index (κ3) is 3.64. The lowest BCUT2D eigenvalue weighted by atomic mass is 10.1. The van der Waals surface area contributed by atoms with E-state index in [0.29, 0.717) is 0 Å². The van der Waals surface area contributed by atoms with E-state index in [1.165, 1.54) is 5.48 Å². The van der Waals surface area contributed by atoms with Crippen molar-refractivity contribution in [1.29, 1.82) is 0 Å². The molecule has 0 spiro atoms. The zero-order valence-corrected chi connectivity index (χ0v) is 9.43. The van der Waals surface area contributed by atoms with Crippen molar-refractivity contribution in [3.63, 3.8) is 0 Å². The molecule has 1 rings (SSSR count). The minimum atomic E-state index is -4.53. The van der Waals surface area contributed by atoms with Crippen molar-refractivity contribution in [3.05, 3.63) is 29.3 Å². The molecule has 18 heavy (non-hydrogen) atoms. The van der Waals surface area contributed by atoms with Crippen LogP contribution in [0.3, 0.4) is 0 Å². The Balaban J connectivity index is 3.21. The van der Waals surface area contributed by atoms with Gasteiger partial charge in [-0.15, -0.1) is 0 Å². The summed E-state index contributed by atoms with van der Waals surface area (Å²) in [7, 11) is 0. The van der Waals surface area contributed by atoms with Gasteiger partial charge in [0.2, 0.25) is 5.91 Å². The van der Waals surface area contributed by atoms with Gasteiger partial charge in [-0.1, -0.05) is 0 Å². The maximum atomic E-state index is 12.1. The van der Waals surface area contributed by atoms with Crippen LogP contribution in [0.5, 0.6) is 0 Å². The van der Waals surface area contributed by atoms with E-state index in [-0.39, 0.29) is 10.5 Å². The molecule has 0 unspecified atom stereocenters. The zero-order valence-electron chi connectivity index (χ0n) is 8.62. The standard InChI is InChI=1S/C9H7F3N2O3S/c10-9(11,12)18-4-1-2-5(7(13)15)6(3-4)8(16)14-17/h1-3,17H,(H2,13,15)(H,14,16). The van der Waals surface area contributed by atoms with E-state index >= 15 is 0 Å². The molecular formula is C9H7F3N2O3S. The number of alkyl halides is 3. The zero-order chi connectivity index (χ0) is 13.9. The average molecular weight is 280 g/mol. The minimum Gasteiger partial charge on any atom is -0.366 e. The van der Waals surface area contributed by atoms with Crippen LogP contribution in [-0.2, 0) is 0 Å². The van der Waals surface area contributed by atoms with E-state index in [1.807, 2.05) is 0 Å². The first-order valence-electron chi connectivity index (χ1n) is 4.38. The van der Waals surface area contributed by atoms with Crippen molar-refractivity contribution in [2.75, 3.05) is 0 Å². The number of thioether (sulfide) groups is 1. The fourth-order valence-corrected chi connectivity index (χ4v) is 1.76. The number of rotatable bonds is 3. The van der Waals surface area contributed by atoms with Gasteiger partial charge in [0.1, 0.15) is 0 Å². The van der Waals surface area contributed by atoms with Crippen molar-refractivity contribution in [2.45, 2.75) is 10.4 Å². The number of amides is 2. The molecule has 0 aliphatic carbocycles. The molecule has 5 nitrogen and oxygen atoms in total. The van der Waals surface area contributed by atoms with Crippen LogP contribution in [0.25, 0.3) is 0 Å². The number of hydrogen-bond acceptors (Lipinski definition) is 4. The molecule has 98 valence electrons. The highest BCUT2D eigenvalue weighted by atomic mass is 32.2. The van der Waals surface area contributed by atoms with E-state index < -0.39 is 34.6 Å². The second-order valence-corrected chi connectivity index (χ2v) is 4.20. The Morgan fingerprint density at radius 3 is 2.33 bits per heavy atom. The van der Waals surface area contributed by atoms with Crippen LogP contribution in [0.1, 0.15) is 20.7 Å². The summed E-state index contributed by atoms with van der Waals surface area (Å²) in [5, 5.41) is 8.44. The van der Waals surface area contributed by atoms with Crippen LogP contribution in [0, 0.1) is 0 Å². The van der Waals surface area contributed by atoms with Gasteiger partial charge < -0.3 is 5.73 Å². The topological polar surface area (TPSA) is 92.4 Å². The number of benzene rings is 1. The number of hydroxylamine groups is 1. The Morgan fingerprint density at radius 2 is 1.89 bits per heavy atom. The molecule has 9 heteroatoms. The van der Waals surface area contributed by atoms with Crippen LogP contribution >= 0.6 is 11.8 Å². The number of primary amides is 1. The van der Waals surface area contributed by atoms with Gasteiger partial charge in [0.15, 0.2) is 0 Å². The van der Waals surface area contributed by atoms with Crippen molar-refractivity contribution < 1.29 is 28.0 Å². The summed E-state index contributed by atoms with van der Waals surface area (Å²) in [6.07, 6.45) is 0. The number of nitrogens with two attached hydrogens (primary N) is 1. The van der Waals surface area contributed by atoms with Gasteiger partial charge in [-0.05, 0) is 30.0 Å². The van der Waals surface area contributed by atoms with E-state index in [0.717, 1.165) is 18.2 Å². The van der Waals surface area contributed by atoms with Gasteiger partial charge in [-0.2, -0.15) is 13.2 Å². The summed E-state index contributed by atoms with van der Waals surface area (Å²) in [5.74, 6) is -2.11. The molecule has 0 aliphatic rings. The lowest BCUT2D eigenvalue weighted by Crippen LogP contribution is -2.24. The largest absolute Gasteiger partial charge is 0.446 e. The predicted molar refractivity (Wildman–Crippen MR) is 56.1 cm³/mol. The van der Waals surface area contributed by atoms with E-state index in [1.54, 1.807) is 0 Å². The molecule has 0 radical (unpaired) electrons. The van der Waals surface area contributed by atoms with Crippen LogP contribution in [0.15, 0.2) is 23.1 Å². The van der Waals surface area contributed by atoms with E-state index in [4.69, 9.17) is 10.9 Å². The van der Waals surface area contributed by atoms with Gasteiger partial charge in [-0.25, -0.2) is 5.48 Å². The first-order chi connectivity index (χ1) is 8.24. The molecule has 0 aliphatic heterocycles. The summed E-state index contributed by atoms with van der Waals surface area (Å²) >= 11 is -0.451. The number of halogens is 3. The fraction of sp³-hybridized carbons (Fsp3) is 0.111. The quantitative estimate of drug-likeness (QED) is 0.444.